The van der Waals surface area contributed by atoms with Crippen molar-refractivity contribution in [3.8, 4) is 11.4 Å². The summed E-state index contributed by atoms with van der Waals surface area (Å²) >= 11 is 0. The highest BCUT2D eigenvalue weighted by Gasteiger charge is 2.13. The van der Waals surface area contributed by atoms with Gasteiger partial charge in [-0.25, -0.2) is 13.8 Å². The average molecular weight is 287 g/mol. The predicted molar refractivity (Wildman–Crippen MR) is 78.7 cm³/mol. The van der Waals surface area contributed by atoms with Crippen molar-refractivity contribution >= 4 is 11.0 Å². The van der Waals surface area contributed by atoms with E-state index >= 15 is 0 Å². The van der Waals surface area contributed by atoms with Crippen molar-refractivity contribution in [3.05, 3.63) is 53.6 Å². The molecule has 5 heteroatoms. The molecule has 108 valence electrons. The van der Waals surface area contributed by atoms with Crippen LogP contribution in [0.5, 0.6) is 0 Å². The molecule has 21 heavy (non-hydrogen) atoms. The van der Waals surface area contributed by atoms with E-state index in [1.165, 1.54) is 12.1 Å². The average Bonchev–Trinajstić information content (AvgIpc) is 2.83. The van der Waals surface area contributed by atoms with Gasteiger partial charge >= 0.3 is 0 Å². The van der Waals surface area contributed by atoms with E-state index in [0.29, 0.717) is 24.5 Å². The van der Waals surface area contributed by atoms with Gasteiger partial charge in [0.2, 0.25) is 0 Å². The monoisotopic (exact) mass is 287 g/mol. The van der Waals surface area contributed by atoms with Crippen LogP contribution in [0.3, 0.4) is 0 Å². The van der Waals surface area contributed by atoms with Crippen molar-refractivity contribution in [1.82, 2.24) is 9.55 Å². The zero-order chi connectivity index (χ0) is 15.0. The predicted octanol–water partition coefficient (Wildman–Crippen LogP) is 3.46. The van der Waals surface area contributed by atoms with E-state index in [1.807, 2.05) is 29.7 Å². The fourth-order valence-corrected chi connectivity index (χ4v) is 2.53. The molecule has 0 atom stereocenters. The minimum Gasteiger partial charge on any atom is -0.326 e. The van der Waals surface area contributed by atoms with Crippen molar-refractivity contribution in [3.63, 3.8) is 0 Å². The molecule has 0 amide bonds. The fourth-order valence-electron chi connectivity index (χ4n) is 2.53. The molecule has 2 N–H and O–H groups in total. The van der Waals surface area contributed by atoms with E-state index < -0.39 is 11.6 Å². The van der Waals surface area contributed by atoms with Gasteiger partial charge in [-0.15, -0.1) is 0 Å². The van der Waals surface area contributed by atoms with Crippen LogP contribution in [0.4, 0.5) is 8.78 Å². The minimum absolute atomic E-state index is 0.429. The van der Waals surface area contributed by atoms with Crippen LogP contribution in [0.1, 0.15) is 12.5 Å². The van der Waals surface area contributed by atoms with Crippen LogP contribution in [0.15, 0.2) is 36.4 Å². The second kappa shape index (κ2) is 5.26. The lowest BCUT2D eigenvalue weighted by Crippen LogP contribution is -1.99. The highest BCUT2D eigenvalue weighted by Crippen LogP contribution is 2.26. The molecule has 0 saturated heterocycles. The molecule has 3 aromatic rings. The first-order valence-corrected chi connectivity index (χ1v) is 6.78. The van der Waals surface area contributed by atoms with Crippen LogP contribution >= 0.6 is 0 Å². The highest BCUT2D eigenvalue weighted by atomic mass is 19.1. The third-order valence-electron chi connectivity index (χ3n) is 3.49. The molecule has 1 aromatic heterocycles. The summed E-state index contributed by atoms with van der Waals surface area (Å²) in [4.78, 5) is 4.52. The molecular formula is C16H15F2N3. The number of hydrogen-bond donors (Lipinski definition) is 1. The summed E-state index contributed by atoms with van der Waals surface area (Å²) in [5, 5.41) is 0. The molecule has 0 fully saturated rings. The molecule has 0 aliphatic carbocycles. The number of imidazole rings is 1. The molecule has 3 nitrogen and oxygen atoms in total. The Kier molecular flexibility index (Phi) is 3.43. The normalized spacial score (nSPS) is 11.2. The number of rotatable bonds is 3. The summed E-state index contributed by atoms with van der Waals surface area (Å²) in [6, 6.07) is 9.22. The number of fused-ring (bicyclic) bond motifs is 1. The summed E-state index contributed by atoms with van der Waals surface area (Å²) in [6.45, 7) is 3.06. The third-order valence-corrected chi connectivity index (χ3v) is 3.49. The summed E-state index contributed by atoms with van der Waals surface area (Å²) in [5.74, 6) is -0.662. The number of hydrogen-bond acceptors (Lipinski definition) is 2. The van der Waals surface area contributed by atoms with Crippen LogP contribution in [0.2, 0.25) is 0 Å². The van der Waals surface area contributed by atoms with Crippen molar-refractivity contribution < 1.29 is 8.78 Å². The Morgan fingerprint density at radius 3 is 2.43 bits per heavy atom. The van der Waals surface area contributed by atoms with Gasteiger partial charge in [0, 0.05) is 24.7 Å². The first-order chi connectivity index (χ1) is 10.1. The Balaban J connectivity index is 2.26. The maximum Gasteiger partial charge on any atom is 0.141 e. The number of benzene rings is 2. The largest absolute Gasteiger partial charge is 0.326 e. The zero-order valence-electron chi connectivity index (χ0n) is 11.6. The second-order valence-electron chi connectivity index (χ2n) is 4.86. The highest BCUT2D eigenvalue weighted by molar-refractivity contribution is 5.81. The third kappa shape index (κ3) is 2.40. The van der Waals surface area contributed by atoms with Gasteiger partial charge in [0.1, 0.15) is 17.5 Å². The van der Waals surface area contributed by atoms with Crippen LogP contribution in [-0.4, -0.2) is 9.55 Å². The van der Waals surface area contributed by atoms with Crippen molar-refractivity contribution in [2.45, 2.75) is 20.0 Å². The van der Waals surface area contributed by atoms with Crippen LogP contribution in [0.25, 0.3) is 22.4 Å². The van der Waals surface area contributed by atoms with Gasteiger partial charge in [0.05, 0.1) is 11.0 Å². The van der Waals surface area contributed by atoms with Crippen LogP contribution in [0, 0.1) is 11.6 Å². The van der Waals surface area contributed by atoms with Crippen LogP contribution < -0.4 is 5.73 Å². The van der Waals surface area contributed by atoms with E-state index in [9.17, 15) is 8.78 Å². The lowest BCUT2D eigenvalue weighted by atomic mass is 10.2. The Morgan fingerprint density at radius 2 is 1.81 bits per heavy atom. The van der Waals surface area contributed by atoms with E-state index in [2.05, 4.69) is 4.98 Å². The van der Waals surface area contributed by atoms with E-state index in [-0.39, 0.29) is 0 Å². The molecule has 0 aliphatic rings. The molecule has 2 aromatic carbocycles. The van der Waals surface area contributed by atoms with Crippen molar-refractivity contribution in [2.24, 2.45) is 5.73 Å². The summed E-state index contributed by atoms with van der Waals surface area (Å²) in [7, 11) is 0. The lowest BCUT2D eigenvalue weighted by molar-refractivity contribution is 0.583. The smallest absolute Gasteiger partial charge is 0.141 e. The Labute approximate surface area is 121 Å². The number of aromatic nitrogens is 2. The van der Waals surface area contributed by atoms with Crippen molar-refractivity contribution in [1.29, 1.82) is 0 Å². The second-order valence-corrected chi connectivity index (χ2v) is 4.86. The number of halogens is 2. The quantitative estimate of drug-likeness (QED) is 0.801. The number of nitrogens with zero attached hydrogens (tertiary/aromatic N) is 2. The minimum atomic E-state index is -0.609. The number of nitrogens with two attached hydrogens (primary N) is 1. The van der Waals surface area contributed by atoms with Crippen molar-refractivity contribution in [2.75, 3.05) is 0 Å². The summed E-state index contributed by atoms with van der Waals surface area (Å²) < 4.78 is 28.8. The summed E-state index contributed by atoms with van der Waals surface area (Å²) in [5.41, 5.74) is 8.74. The van der Waals surface area contributed by atoms with E-state index in [1.54, 1.807) is 0 Å². The molecule has 0 radical (unpaired) electrons. The molecule has 0 bridgehead atoms. The standard InChI is InChI=1S/C16H15F2N3/c1-2-21-15-4-3-10(9-19)5-14(15)20-16(21)11-6-12(17)8-13(18)7-11/h3-8H,2,9,19H2,1H3. The zero-order valence-corrected chi connectivity index (χ0v) is 11.6. The van der Waals surface area contributed by atoms with Gasteiger partial charge in [0.25, 0.3) is 0 Å². The van der Waals surface area contributed by atoms with Gasteiger partial charge < -0.3 is 10.3 Å². The maximum atomic E-state index is 13.4. The van der Waals surface area contributed by atoms with E-state index in [0.717, 1.165) is 22.7 Å². The molecular weight excluding hydrogens is 272 g/mol. The molecule has 0 saturated carbocycles. The van der Waals surface area contributed by atoms with Gasteiger partial charge in [-0.3, -0.25) is 0 Å². The van der Waals surface area contributed by atoms with Gasteiger partial charge in [-0.1, -0.05) is 6.07 Å². The number of aryl methyl sites for hydroxylation is 1. The molecule has 1 heterocycles. The maximum absolute atomic E-state index is 13.4. The molecule has 0 spiro atoms. The molecule has 3 rings (SSSR count). The van der Waals surface area contributed by atoms with Crippen LogP contribution in [-0.2, 0) is 13.1 Å². The first-order valence-electron chi connectivity index (χ1n) is 6.78. The first kappa shape index (κ1) is 13.7. The lowest BCUT2D eigenvalue weighted by Gasteiger charge is -2.06. The topological polar surface area (TPSA) is 43.8 Å². The van der Waals surface area contributed by atoms with Gasteiger partial charge in [-0.05, 0) is 36.8 Å². The Hall–Kier alpha value is -2.27. The fraction of sp³-hybridized carbons (Fsp3) is 0.188. The molecule has 0 unspecified atom stereocenters. The Morgan fingerprint density at radius 1 is 1.10 bits per heavy atom. The summed E-state index contributed by atoms with van der Waals surface area (Å²) in [6.07, 6.45) is 0. The Bertz CT molecular complexity index is 788. The van der Waals surface area contributed by atoms with Gasteiger partial charge in [0.15, 0.2) is 0 Å². The SMILES string of the molecule is CCn1c(-c2cc(F)cc(F)c2)nc2cc(CN)ccc21. The molecule has 0 aliphatic heterocycles. The van der Waals surface area contributed by atoms with E-state index in [4.69, 9.17) is 5.73 Å². The van der Waals surface area contributed by atoms with Gasteiger partial charge in [-0.2, -0.15) is 0 Å².